The largest absolute Gasteiger partial charge is 0.393 e. The van der Waals surface area contributed by atoms with Gasteiger partial charge in [0.25, 0.3) is 5.91 Å². The third-order valence-electron chi connectivity index (χ3n) is 7.14. The van der Waals surface area contributed by atoms with Gasteiger partial charge in [-0.05, 0) is 86.4 Å². The Kier molecular flexibility index (Phi) is 6.74. The van der Waals surface area contributed by atoms with Crippen LogP contribution in [0.15, 0.2) is 12.2 Å². The molecule has 2 bridgehead atoms. The maximum Gasteiger partial charge on any atom is 0.295 e. The van der Waals surface area contributed by atoms with E-state index in [4.69, 9.17) is 0 Å². The molecule has 3 nitrogen and oxygen atoms in total. The zero-order chi connectivity index (χ0) is 18.6. The van der Waals surface area contributed by atoms with Crippen LogP contribution in [-0.2, 0) is 4.79 Å². The van der Waals surface area contributed by atoms with Crippen LogP contribution in [0.1, 0.15) is 65.2 Å². The van der Waals surface area contributed by atoms with Crippen LogP contribution in [0.3, 0.4) is 0 Å². The van der Waals surface area contributed by atoms with Crippen molar-refractivity contribution < 1.29 is 9.90 Å². The van der Waals surface area contributed by atoms with Crippen molar-refractivity contribution in [2.24, 2.45) is 29.1 Å². The van der Waals surface area contributed by atoms with Crippen molar-refractivity contribution in [2.45, 2.75) is 71.3 Å². The number of aliphatic hydroxyl groups is 1. The van der Waals surface area contributed by atoms with E-state index in [9.17, 15) is 9.90 Å². The number of nitrogens with one attached hydrogen (secondary N) is 1. The van der Waals surface area contributed by atoms with Gasteiger partial charge in [-0.15, -0.1) is 6.42 Å². The molecule has 1 spiro atoms. The number of hydrogen-bond donors (Lipinski definition) is 2. The number of aliphatic hydroxyl groups excluding tert-OH is 1. The number of fused-ring (bicyclic) bond motifs is 1. The summed E-state index contributed by atoms with van der Waals surface area (Å²) < 4.78 is 0. The number of allylic oxidation sites excluding steroid dienone is 1. The third kappa shape index (κ3) is 4.29. The molecule has 3 saturated carbocycles. The topological polar surface area (TPSA) is 49.3 Å². The second-order valence-electron chi connectivity index (χ2n) is 8.48. The van der Waals surface area contributed by atoms with E-state index in [1.807, 2.05) is 5.92 Å². The third-order valence-corrected chi connectivity index (χ3v) is 7.14. The summed E-state index contributed by atoms with van der Waals surface area (Å²) in [6.07, 6.45) is 14.8. The Morgan fingerprint density at radius 3 is 2.76 bits per heavy atom. The molecule has 3 aliphatic rings. The van der Waals surface area contributed by atoms with E-state index in [1.165, 1.54) is 45.6 Å². The van der Waals surface area contributed by atoms with Crippen LogP contribution < -0.4 is 5.32 Å². The predicted molar refractivity (Wildman–Crippen MR) is 103 cm³/mol. The number of hydrogen-bond acceptors (Lipinski definition) is 2. The Balaban J connectivity index is 0.000000326. The molecule has 0 aromatic carbocycles. The van der Waals surface area contributed by atoms with E-state index in [0.29, 0.717) is 5.41 Å². The summed E-state index contributed by atoms with van der Waals surface area (Å²) in [4.78, 5) is 9.83. The molecular formula is C22H35NO2. The van der Waals surface area contributed by atoms with E-state index in [0.717, 1.165) is 36.5 Å². The van der Waals surface area contributed by atoms with Gasteiger partial charge in [-0.3, -0.25) is 4.79 Å². The Morgan fingerprint density at radius 2 is 2.20 bits per heavy atom. The molecular weight excluding hydrogens is 310 g/mol. The Hall–Kier alpha value is -1.27. The van der Waals surface area contributed by atoms with E-state index in [-0.39, 0.29) is 12.0 Å². The van der Waals surface area contributed by atoms with Crippen molar-refractivity contribution in [2.75, 3.05) is 7.05 Å². The van der Waals surface area contributed by atoms with Gasteiger partial charge in [0.1, 0.15) is 0 Å². The summed E-state index contributed by atoms with van der Waals surface area (Å²) >= 11 is 0. The molecule has 0 heterocycles. The van der Waals surface area contributed by atoms with Gasteiger partial charge >= 0.3 is 0 Å². The molecule has 3 heteroatoms. The van der Waals surface area contributed by atoms with E-state index in [2.05, 4.69) is 32.2 Å². The normalized spacial score (nSPS) is 37.2. The van der Waals surface area contributed by atoms with Gasteiger partial charge < -0.3 is 10.4 Å². The number of terminal acetylenes is 1. The minimum atomic E-state index is -0.380. The molecule has 0 aliphatic heterocycles. The van der Waals surface area contributed by atoms with Gasteiger partial charge in [0.15, 0.2) is 0 Å². The summed E-state index contributed by atoms with van der Waals surface area (Å²) in [6, 6.07) is 0. The van der Waals surface area contributed by atoms with Crippen molar-refractivity contribution in [1.82, 2.24) is 5.32 Å². The van der Waals surface area contributed by atoms with Crippen LogP contribution in [0.2, 0.25) is 0 Å². The van der Waals surface area contributed by atoms with Crippen LogP contribution in [0, 0.1) is 41.4 Å². The highest BCUT2D eigenvalue weighted by atomic mass is 16.3. The van der Waals surface area contributed by atoms with Crippen molar-refractivity contribution in [3.8, 4) is 12.3 Å². The fourth-order valence-corrected chi connectivity index (χ4v) is 5.70. The molecule has 25 heavy (non-hydrogen) atoms. The fraction of sp³-hybridized carbons (Fsp3) is 0.773. The molecule has 3 unspecified atom stereocenters. The van der Waals surface area contributed by atoms with Crippen molar-refractivity contribution in [1.29, 1.82) is 0 Å². The molecule has 1 amide bonds. The van der Waals surface area contributed by atoms with Crippen LogP contribution in [-0.4, -0.2) is 24.2 Å². The quantitative estimate of drug-likeness (QED) is 0.601. The minimum Gasteiger partial charge on any atom is -0.393 e. The first kappa shape index (κ1) is 20.0. The Morgan fingerprint density at radius 1 is 1.48 bits per heavy atom. The highest BCUT2D eigenvalue weighted by Crippen LogP contribution is 2.64. The van der Waals surface area contributed by atoms with Gasteiger partial charge in [0.05, 0.1) is 6.10 Å². The first-order valence-corrected chi connectivity index (χ1v) is 9.90. The first-order valence-electron chi connectivity index (χ1n) is 9.90. The number of amides is 1. The molecule has 140 valence electrons. The molecule has 2 N–H and O–H groups in total. The smallest absolute Gasteiger partial charge is 0.295 e. The van der Waals surface area contributed by atoms with Crippen LogP contribution in [0.4, 0.5) is 0 Å². The highest BCUT2D eigenvalue weighted by molar-refractivity contribution is 5.92. The van der Waals surface area contributed by atoms with Gasteiger partial charge in [-0.25, -0.2) is 0 Å². The molecule has 3 aliphatic carbocycles. The summed E-state index contributed by atoms with van der Waals surface area (Å²) in [7, 11) is 1.49. The molecule has 3 rings (SSSR count). The molecule has 3 fully saturated rings. The van der Waals surface area contributed by atoms with E-state index in [1.54, 1.807) is 5.57 Å². The minimum absolute atomic E-state index is 0.0788. The average molecular weight is 346 g/mol. The predicted octanol–water partition coefficient (Wildman–Crippen LogP) is 3.92. The summed E-state index contributed by atoms with van der Waals surface area (Å²) in [5.41, 5.74) is 2.14. The maximum atomic E-state index is 10.1. The zero-order valence-corrected chi connectivity index (χ0v) is 16.2. The van der Waals surface area contributed by atoms with Crippen molar-refractivity contribution in [3.63, 3.8) is 0 Å². The van der Waals surface area contributed by atoms with E-state index >= 15 is 0 Å². The lowest BCUT2D eigenvalue weighted by Gasteiger charge is -2.52. The number of rotatable bonds is 3. The molecule has 6 atom stereocenters. The first-order chi connectivity index (χ1) is 11.9. The van der Waals surface area contributed by atoms with Crippen molar-refractivity contribution in [3.05, 3.63) is 12.2 Å². The monoisotopic (exact) mass is 345 g/mol. The van der Waals surface area contributed by atoms with Crippen LogP contribution in [0.5, 0.6) is 0 Å². The van der Waals surface area contributed by atoms with Crippen LogP contribution >= 0.6 is 0 Å². The van der Waals surface area contributed by atoms with Crippen LogP contribution in [0.25, 0.3) is 0 Å². The summed E-state index contributed by atoms with van der Waals surface area (Å²) in [5, 5.41) is 12.4. The Bertz CT molecular complexity index is 535. The van der Waals surface area contributed by atoms with Gasteiger partial charge in [0.2, 0.25) is 0 Å². The SMILES string of the molecule is C#CC(=O)NC.C=C1C[C@@]23CCC(C)C(C[C@H](O)CC)C2CC[C@@H]1C3. The summed E-state index contributed by atoms with van der Waals surface area (Å²) in [6.45, 7) is 8.89. The van der Waals surface area contributed by atoms with Gasteiger partial charge in [-0.1, -0.05) is 26.0 Å². The fourth-order valence-electron chi connectivity index (χ4n) is 5.70. The second kappa shape index (κ2) is 8.41. The Labute approximate surface area is 153 Å². The maximum absolute atomic E-state index is 10.1. The highest BCUT2D eigenvalue weighted by Gasteiger charge is 2.54. The lowest BCUT2D eigenvalue weighted by atomic mass is 9.53. The van der Waals surface area contributed by atoms with Crippen molar-refractivity contribution >= 4 is 5.91 Å². The summed E-state index contributed by atoms with van der Waals surface area (Å²) in [5.74, 6) is 4.76. The molecule has 0 saturated heterocycles. The van der Waals surface area contributed by atoms with E-state index < -0.39 is 0 Å². The number of carbonyl (C=O) groups is 1. The molecule has 0 radical (unpaired) electrons. The second-order valence-corrected chi connectivity index (χ2v) is 8.48. The lowest BCUT2D eigenvalue weighted by Crippen LogP contribution is -2.44. The standard InChI is InChI=1S/C18H30O.C4H5NO/c1-4-15(19)9-16-12(2)7-8-18-10-13(3)14(11-18)5-6-17(16)18;1-3-4(6)5-2/h12,14-17,19H,3-11H2,1-2H3;1H,2H3,(H,5,6)/t12?,14-,15-,16?,17?,18-;/m1./s1. The molecule has 0 aromatic heterocycles. The van der Waals surface area contributed by atoms with Gasteiger partial charge in [0, 0.05) is 7.05 Å². The zero-order valence-electron chi connectivity index (χ0n) is 16.2. The number of carbonyl (C=O) groups excluding carboxylic acids is 1. The lowest BCUT2D eigenvalue weighted by molar-refractivity contribution is -0.115. The molecule has 0 aromatic rings. The average Bonchev–Trinajstić information content (AvgIpc) is 2.87. The van der Waals surface area contributed by atoms with Gasteiger partial charge in [-0.2, -0.15) is 0 Å².